The molecule has 9 heteroatoms. The Morgan fingerprint density at radius 1 is 1.27 bits per heavy atom. The minimum absolute atomic E-state index is 0.120. The number of aromatic nitrogens is 4. The summed E-state index contributed by atoms with van der Waals surface area (Å²) < 4.78 is 22.8. The van der Waals surface area contributed by atoms with Crippen molar-refractivity contribution >= 4 is 28.6 Å². The molecule has 3 heterocycles. The van der Waals surface area contributed by atoms with Gasteiger partial charge in [-0.25, -0.2) is 19.3 Å². The van der Waals surface area contributed by atoms with Gasteiger partial charge in [-0.1, -0.05) is 11.6 Å². The fourth-order valence-electron chi connectivity index (χ4n) is 5.63. The van der Waals surface area contributed by atoms with Gasteiger partial charge in [-0.05, 0) is 57.6 Å². The van der Waals surface area contributed by atoms with E-state index < -0.39 is 6.10 Å². The zero-order valence-corrected chi connectivity index (χ0v) is 19.4. The molecule has 2 bridgehead atoms. The molecule has 1 aliphatic heterocycles. The number of aliphatic hydroxyl groups excluding tert-OH is 1. The molecular formula is C24H27ClFN5O2. The monoisotopic (exact) mass is 471 g/mol. The second-order valence-electron chi connectivity index (χ2n) is 10.1. The molecule has 1 aromatic carbocycles. The molecule has 7 rings (SSSR count). The summed E-state index contributed by atoms with van der Waals surface area (Å²) in [4.78, 5) is 13.6. The van der Waals surface area contributed by atoms with E-state index >= 15 is 4.39 Å². The summed E-state index contributed by atoms with van der Waals surface area (Å²) in [6, 6.07) is 3.32. The van der Waals surface area contributed by atoms with Gasteiger partial charge in [-0.15, -0.1) is 0 Å². The Hall–Kier alpha value is -2.29. The standard InChI is InChI=1S/C24H27ClFN5O2/c1-12(2)31-18-6-14(5-16(26)21(18)29-22(31)24-7-13(8-24)9-24)20-15(25)10-27-23(30-20)28-17-3-4-33-11-19(17)32/h5-6,10,12-13,17,19,32H,3-4,7-9,11H2,1-2H3,(H,27,28,30)/t13?,17-,19-,24?/m1/s1. The molecule has 33 heavy (non-hydrogen) atoms. The zero-order valence-electron chi connectivity index (χ0n) is 18.7. The number of anilines is 1. The first-order valence-corrected chi connectivity index (χ1v) is 12.0. The Labute approximate surface area is 196 Å². The molecule has 0 amide bonds. The quantitative estimate of drug-likeness (QED) is 0.570. The largest absolute Gasteiger partial charge is 0.389 e. The van der Waals surface area contributed by atoms with Crippen molar-refractivity contribution in [2.75, 3.05) is 18.5 Å². The maximum absolute atomic E-state index is 15.3. The minimum Gasteiger partial charge on any atom is -0.389 e. The normalized spacial score (nSPS) is 28.6. The van der Waals surface area contributed by atoms with Gasteiger partial charge in [0.15, 0.2) is 5.82 Å². The van der Waals surface area contributed by atoms with E-state index in [1.165, 1.54) is 12.3 Å². The number of ether oxygens (including phenoxy) is 1. The molecule has 4 aliphatic rings. The third-order valence-electron chi connectivity index (χ3n) is 7.44. The van der Waals surface area contributed by atoms with Crippen LogP contribution in [0.15, 0.2) is 18.3 Å². The molecule has 174 valence electrons. The van der Waals surface area contributed by atoms with E-state index in [0.29, 0.717) is 40.8 Å². The van der Waals surface area contributed by atoms with E-state index in [1.807, 2.05) is 6.07 Å². The summed E-state index contributed by atoms with van der Waals surface area (Å²) in [5.41, 5.74) is 2.31. The highest BCUT2D eigenvalue weighted by Crippen LogP contribution is 2.65. The lowest BCUT2D eigenvalue weighted by Crippen LogP contribution is -2.56. The summed E-state index contributed by atoms with van der Waals surface area (Å²) in [6.07, 6.45) is 4.97. The molecule has 3 aliphatic carbocycles. The smallest absolute Gasteiger partial charge is 0.223 e. The molecule has 2 atom stereocenters. The van der Waals surface area contributed by atoms with Gasteiger partial charge >= 0.3 is 0 Å². The first-order valence-electron chi connectivity index (χ1n) is 11.6. The number of nitrogens with one attached hydrogen (secondary N) is 1. The molecule has 0 spiro atoms. The van der Waals surface area contributed by atoms with Crippen molar-refractivity contribution in [3.8, 4) is 11.3 Å². The van der Waals surface area contributed by atoms with E-state index in [-0.39, 0.29) is 29.9 Å². The molecule has 3 aromatic rings. The predicted octanol–water partition coefficient (Wildman–Crippen LogP) is 4.48. The average molecular weight is 472 g/mol. The third-order valence-corrected chi connectivity index (χ3v) is 7.71. The molecule has 2 N–H and O–H groups in total. The van der Waals surface area contributed by atoms with Gasteiger partial charge in [0.2, 0.25) is 5.95 Å². The lowest BCUT2D eigenvalue weighted by Gasteiger charge is -2.61. The van der Waals surface area contributed by atoms with Crippen LogP contribution in [0.25, 0.3) is 22.3 Å². The first-order chi connectivity index (χ1) is 15.8. The van der Waals surface area contributed by atoms with Crippen LogP contribution in [0.3, 0.4) is 0 Å². The van der Waals surface area contributed by atoms with Gasteiger partial charge in [-0.2, -0.15) is 0 Å². The number of halogens is 2. The van der Waals surface area contributed by atoms with Crippen molar-refractivity contribution in [1.82, 2.24) is 19.5 Å². The van der Waals surface area contributed by atoms with Crippen LogP contribution in [-0.4, -0.2) is 50.0 Å². The van der Waals surface area contributed by atoms with Gasteiger partial charge in [0, 0.05) is 23.6 Å². The molecule has 7 nitrogen and oxygen atoms in total. The first kappa shape index (κ1) is 21.3. The highest BCUT2D eigenvalue weighted by atomic mass is 35.5. The van der Waals surface area contributed by atoms with Crippen LogP contribution >= 0.6 is 11.6 Å². The minimum atomic E-state index is -0.647. The van der Waals surface area contributed by atoms with Crippen molar-refractivity contribution in [3.05, 3.63) is 35.0 Å². The average Bonchev–Trinajstić information content (AvgIpc) is 3.08. The maximum atomic E-state index is 15.3. The van der Waals surface area contributed by atoms with Crippen molar-refractivity contribution in [2.45, 2.75) is 63.1 Å². The molecule has 0 radical (unpaired) electrons. The number of hydrogen-bond donors (Lipinski definition) is 2. The Morgan fingerprint density at radius 2 is 2.06 bits per heavy atom. The van der Waals surface area contributed by atoms with Crippen LogP contribution < -0.4 is 5.32 Å². The van der Waals surface area contributed by atoms with E-state index in [1.54, 1.807) is 0 Å². The van der Waals surface area contributed by atoms with Gasteiger partial charge in [0.05, 0.1) is 41.2 Å². The second-order valence-corrected chi connectivity index (χ2v) is 10.5. The van der Waals surface area contributed by atoms with E-state index in [2.05, 4.69) is 33.7 Å². The van der Waals surface area contributed by atoms with E-state index in [4.69, 9.17) is 21.3 Å². The molecule has 3 saturated carbocycles. The topological polar surface area (TPSA) is 85.1 Å². The number of aliphatic hydroxyl groups is 1. The molecule has 1 saturated heterocycles. The van der Waals surface area contributed by atoms with Crippen molar-refractivity contribution in [2.24, 2.45) is 5.92 Å². The molecular weight excluding hydrogens is 445 g/mol. The summed E-state index contributed by atoms with van der Waals surface area (Å²) in [5, 5.41) is 13.7. The summed E-state index contributed by atoms with van der Waals surface area (Å²) in [6.45, 7) is 5.05. The lowest BCUT2D eigenvalue weighted by atomic mass is 9.44. The fourth-order valence-corrected chi connectivity index (χ4v) is 5.83. The Morgan fingerprint density at radius 3 is 2.73 bits per heavy atom. The van der Waals surface area contributed by atoms with Crippen LogP contribution in [0.2, 0.25) is 5.02 Å². The Kier molecular flexibility index (Phi) is 4.91. The number of fused-ring (bicyclic) bond motifs is 1. The maximum Gasteiger partial charge on any atom is 0.223 e. The Bertz CT molecular complexity index is 1230. The van der Waals surface area contributed by atoms with Crippen LogP contribution in [0, 0.1) is 11.7 Å². The van der Waals surface area contributed by atoms with Crippen LogP contribution in [0.1, 0.15) is 51.4 Å². The highest BCUT2D eigenvalue weighted by molar-refractivity contribution is 6.33. The van der Waals surface area contributed by atoms with Crippen molar-refractivity contribution in [3.63, 3.8) is 0 Å². The number of rotatable bonds is 5. The third kappa shape index (κ3) is 3.33. The van der Waals surface area contributed by atoms with Crippen LogP contribution in [0.5, 0.6) is 0 Å². The van der Waals surface area contributed by atoms with Crippen LogP contribution in [-0.2, 0) is 10.2 Å². The number of nitrogens with zero attached hydrogens (tertiary/aromatic N) is 4. The molecule has 0 unspecified atom stereocenters. The van der Waals surface area contributed by atoms with Gasteiger partial charge in [-0.3, -0.25) is 0 Å². The van der Waals surface area contributed by atoms with E-state index in [0.717, 1.165) is 36.5 Å². The highest BCUT2D eigenvalue weighted by Gasteiger charge is 2.60. The van der Waals surface area contributed by atoms with Crippen LogP contribution in [0.4, 0.5) is 10.3 Å². The number of benzene rings is 1. The number of hydrogen-bond acceptors (Lipinski definition) is 6. The second kappa shape index (κ2) is 7.61. The molecule has 4 fully saturated rings. The summed E-state index contributed by atoms with van der Waals surface area (Å²) in [5.74, 6) is 1.79. The summed E-state index contributed by atoms with van der Waals surface area (Å²) >= 11 is 6.46. The summed E-state index contributed by atoms with van der Waals surface area (Å²) in [7, 11) is 0. The van der Waals surface area contributed by atoms with Crippen molar-refractivity contribution in [1.29, 1.82) is 0 Å². The molecule has 2 aromatic heterocycles. The fraction of sp³-hybridized carbons (Fsp3) is 0.542. The van der Waals surface area contributed by atoms with E-state index in [9.17, 15) is 5.11 Å². The number of imidazole rings is 1. The lowest BCUT2D eigenvalue weighted by molar-refractivity contribution is -0.0373. The van der Waals surface area contributed by atoms with Crippen molar-refractivity contribution < 1.29 is 14.2 Å². The predicted molar refractivity (Wildman–Crippen MR) is 124 cm³/mol. The van der Waals surface area contributed by atoms with Gasteiger partial charge in [0.1, 0.15) is 11.3 Å². The van der Waals surface area contributed by atoms with Gasteiger partial charge in [0.25, 0.3) is 0 Å². The zero-order chi connectivity index (χ0) is 22.9. The SMILES string of the molecule is CC(C)n1c(C23CC(C2)C3)nc2c(F)cc(-c3nc(N[C@@H]4CCOC[C@H]4O)ncc3Cl)cc21. The Balaban J connectivity index is 1.42. The van der Waals surface area contributed by atoms with Gasteiger partial charge < -0.3 is 19.7 Å².